The number of hydrogen-bond donors (Lipinski definition) is 2. The van der Waals surface area contributed by atoms with Crippen LogP contribution in [-0.4, -0.2) is 7.11 Å². The molecule has 0 spiro atoms. The maximum atomic E-state index is 13.9. The van der Waals surface area contributed by atoms with Crippen molar-refractivity contribution in [1.29, 1.82) is 0 Å². The SMILES string of the molecule is COc1ccc(Cl)cc1C(Cc1cc(Cl)ccc1F)NN. The minimum Gasteiger partial charge on any atom is -0.496 e. The first-order valence-electron chi connectivity index (χ1n) is 6.28. The van der Waals surface area contributed by atoms with Gasteiger partial charge in [0, 0.05) is 15.6 Å². The summed E-state index contributed by atoms with van der Waals surface area (Å²) in [6.07, 6.45) is 0.319. The molecule has 1 atom stereocenters. The molecule has 21 heavy (non-hydrogen) atoms. The standard InChI is InChI=1S/C15H15Cl2FN2O/c1-21-15-5-3-11(17)8-12(15)14(20-19)7-9-6-10(16)2-4-13(9)18/h2-6,8,14,20H,7,19H2,1H3. The molecular weight excluding hydrogens is 314 g/mol. The summed E-state index contributed by atoms with van der Waals surface area (Å²) in [6.45, 7) is 0. The third kappa shape index (κ3) is 3.86. The van der Waals surface area contributed by atoms with E-state index in [4.69, 9.17) is 33.8 Å². The Hall–Kier alpha value is -1.33. The Morgan fingerprint density at radius 1 is 1.19 bits per heavy atom. The van der Waals surface area contributed by atoms with Gasteiger partial charge in [0.05, 0.1) is 13.2 Å². The van der Waals surface area contributed by atoms with Crippen LogP contribution in [0.1, 0.15) is 17.2 Å². The largest absolute Gasteiger partial charge is 0.496 e. The number of nitrogens with one attached hydrogen (secondary N) is 1. The topological polar surface area (TPSA) is 47.3 Å². The van der Waals surface area contributed by atoms with E-state index in [0.717, 1.165) is 5.56 Å². The van der Waals surface area contributed by atoms with Crippen molar-refractivity contribution in [3.8, 4) is 5.75 Å². The molecule has 112 valence electrons. The molecule has 2 aromatic carbocycles. The Morgan fingerprint density at radius 3 is 2.52 bits per heavy atom. The number of methoxy groups -OCH3 is 1. The van der Waals surface area contributed by atoms with Crippen LogP contribution in [0.25, 0.3) is 0 Å². The Labute approximate surface area is 132 Å². The highest BCUT2D eigenvalue weighted by atomic mass is 35.5. The molecule has 3 nitrogen and oxygen atoms in total. The van der Waals surface area contributed by atoms with Crippen molar-refractivity contribution < 1.29 is 9.13 Å². The molecule has 1 unspecified atom stereocenters. The van der Waals surface area contributed by atoms with Crippen molar-refractivity contribution in [1.82, 2.24) is 5.43 Å². The van der Waals surface area contributed by atoms with Gasteiger partial charge in [-0.05, 0) is 48.4 Å². The number of nitrogens with two attached hydrogens (primary N) is 1. The molecule has 0 aliphatic heterocycles. The molecule has 0 saturated carbocycles. The zero-order valence-corrected chi connectivity index (χ0v) is 12.9. The fourth-order valence-corrected chi connectivity index (χ4v) is 2.53. The first kappa shape index (κ1) is 16.0. The summed E-state index contributed by atoms with van der Waals surface area (Å²) in [4.78, 5) is 0. The van der Waals surface area contributed by atoms with E-state index in [1.165, 1.54) is 12.1 Å². The summed E-state index contributed by atoms with van der Waals surface area (Å²) < 4.78 is 19.2. The Morgan fingerprint density at radius 2 is 1.86 bits per heavy atom. The zero-order chi connectivity index (χ0) is 15.4. The Bertz CT molecular complexity index is 637. The molecule has 0 amide bonds. The summed E-state index contributed by atoms with van der Waals surface area (Å²) >= 11 is 11.9. The van der Waals surface area contributed by atoms with Gasteiger partial charge in [0.15, 0.2) is 0 Å². The van der Waals surface area contributed by atoms with E-state index in [1.807, 2.05) is 0 Å². The lowest BCUT2D eigenvalue weighted by atomic mass is 9.98. The van der Waals surface area contributed by atoms with Gasteiger partial charge >= 0.3 is 0 Å². The number of hydrazine groups is 1. The lowest BCUT2D eigenvalue weighted by molar-refractivity contribution is 0.398. The number of benzene rings is 2. The number of rotatable bonds is 5. The highest BCUT2D eigenvalue weighted by molar-refractivity contribution is 6.31. The van der Waals surface area contributed by atoms with E-state index in [0.29, 0.717) is 27.8 Å². The monoisotopic (exact) mass is 328 g/mol. The minimum absolute atomic E-state index is 0.319. The third-order valence-electron chi connectivity index (χ3n) is 3.20. The average molecular weight is 329 g/mol. The molecule has 3 N–H and O–H groups in total. The normalized spacial score (nSPS) is 12.2. The molecule has 0 aliphatic carbocycles. The van der Waals surface area contributed by atoms with Crippen LogP contribution in [0.2, 0.25) is 10.0 Å². The second-order valence-corrected chi connectivity index (χ2v) is 5.42. The predicted molar refractivity (Wildman–Crippen MR) is 83.2 cm³/mol. The summed E-state index contributed by atoms with van der Waals surface area (Å²) in [5.74, 6) is 5.91. The lowest BCUT2D eigenvalue weighted by Gasteiger charge is -2.20. The van der Waals surface area contributed by atoms with Crippen molar-refractivity contribution in [3.63, 3.8) is 0 Å². The molecule has 0 bridgehead atoms. The van der Waals surface area contributed by atoms with Crippen LogP contribution in [0.3, 0.4) is 0 Å². The number of ether oxygens (including phenoxy) is 1. The van der Waals surface area contributed by atoms with E-state index in [1.54, 1.807) is 31.4 Å². The van der Waals surface area contributed by atoms with Gasteiger partial charge in [-0.2, -0.15) is 0 Å². The van der Waals surface area contributed by atoms with Crippen LogP contribution in [-0.2, 0) is 6.42 Å². The van der Waals surface area contributed by atoms with Gasteiger partial charge in [-0.25, -0.2) is 4.39 Å². The molecule has 0 aromatic heterocycles. The minimum atomic E-state index is -0.355. The summed E-state index contributed by atoms with van der Waals surface area (Å²) in [7, 11) is 1.56. The maximum absolute atomic E-state index is 13.9. The molecule has 0 heterocycles. The molecule has 0 radical (unpaired) electrons. The van der Waals surface area contributed by atoms with E-state index in [2.05, 4.69) is 5.43 Å². The van der Waals surface area contributed by atoms with Gasteiger partial charge < -0.3 is 4.74 Å². The molecule has 0 aliphatic rings. The van der Waals surface area contributed by atoms with E-state index >= 15 is 0 Å². The summed E-state index contributed by atoms with van der Waals surface area (Å²) in [5, 5.41) is 1.03. The molecule has 2 aromatic rings. The van der Waals surface area contributed by atoms with Gasteiger partial charge in [0.1, 0.15) is 11.6 Å². The van der Waals surface area contributed by atoms with Gasteiger partial charge in [-0.3, -0.25) is 11.3 Å². The third-order valence-corrected chi connectivity index (χ3v) is 3.67. The van der Waals surface area contributed by atoms with E-state index < -0.39 is 0 Å². The Kier molecular flexibility index (Phi) is 5.42. The fourth-order valence-electron chi connectivity index (χ4n) is 2.16. The van der Waals surface area contributed by atoms with E-state index in [-0.39, 0.29) is 11.9 Å². The maximum Gasteiger partial charge on any atom is 0.126 e. The van der Waals surface area contributed by atoms with Gasteiger partial charge in [0.2, 0.25) is 0 Å². The van der Waals surface area contributed by atoms with Crippen LogP contribution in [0.15, 0.2) is 36.4 Å². The first-order chi connectivity index (χ1) is 10.0. The quantitative estimate of drug-likeness (QED) is 0.646. The highest BCUT2D eigenvalue weighted by Crippen LogP contribution is 2.31. The van der Waals surface area contributed by atoms with Crippen LogP contribution in [0.5, 0.6) is 5.75 Å². The van der Waals surface area contributed by atoms with Crippen molar-refractivity contribution in [2.45, 2.75) is 12.5 Å². The van der Waals surface area contributed by atoms with Crippen LogP contribution in [0, 0.1) is 5.82 Å². The predicted octanol–water partition coefficient (Wildman–Crippen LogP) is 3.89. The number of halogens is 3. The fraction of sp³-hybridized carbons (Fsp3) is 0.200. The van der Waals surface area contributed by atoms with Gasteiger partial charge in [0.25, 0.3) is 0 Å². The van der Waals surface area contributed by atoms with Crippen molar-refractivity contribution >= 4 is 23.2 Å². The lowest BCUT2D eigenvalue weighted by Crippen LogP contribution is -2.30. The van der Waals surface area contributed by atoms with E-state index in [9.17, 15) is 4.39 Å². The molecule has 2 rings (SSSR count). The second-order valence-electron chi connectivity index (χ2n) is 4.55. The van der Waals surface area contributed by atoms with Crippen molar-refractivity contribution in [3.05, 3.63) is 63.4 Å². The average Bonchev–Trinajstić information content (AvgIpc) is 2.48. The van der Waals surface area contributed by atoms with Gasteiger partial charge in [-0.15, -0.1) is 0 Å². The molecular formula is C15H15Cl2FN2O. The van der Waals surface area contributed by atoms with Crippen LogP contribution < -0.4 is 16.0 Å². The van der Waals surface area contributed by atoms with Gasteiger partial charge in [-0.1, -0.05) is 23.2 Å². The molecule has 6 heteroatoms. The summed E-state index contributed by atoms with van der Waals surface area (Å²) in [5.41, 5.74) is 3.89. The second kappa shape index (κ2) is 7.09. The molecule has 0 fully saturated rings. The van der Waals surface area contributed by atoms with Crippen LogP contribution in [0.4, 0.5) is 4.39 Å². The van der Waals surface area contributed by atoms with Crippen LogP contribution >= 0.6 is 23.2 Å². The number of hydrogen-bond acceptors (Lipinski definition) is 3. The van der Waals surface area contributed by atoms with Crippen molar-refractivity contribution in [2.24, 2.45) is 5.84 Å². The summed E-state index contributed by atoms with van der Waals surface area (Å²) in [6, 6.07) is 9.28. The smallest absolute Gasteiger partial charge is 0.126 e. The van der Waals surface area contributed by atoms with Crippen molar-refractivity contribution in [2.75, 3.05) is 7.11 Å². The highest BCUT2D eigenvalue weighted by Gasteiger charge is 2.18. The zero-order valence-electron chi connectivity index (χ0n) is 11.4. The Balaban J connectivity index is 2.36. The first-order valence-corrected chi connectivity index (χ1v) is 7.04. The molecule has 0 saturated heterocycles.